The lowest BCUT2D eigenvalue weighted by atomic mass is 10.3. The van der Waals surface area contributed by atoms with E-state index in [0.29, 0.717) is 6.54 Å². The topological polar surface area (TPSA) is 80.5 Å². The van der Waals surface area contributed by atoms with Gasteiger partial charge in [-0.25, -0.2) is 8.42 Å². The summed E-state index contributed by atoms with van der Waals surface area (Å²) in [7, 11) is -3.85. The van der Waals surface area contributed by atoms with Gasteiger partial charge in [0.25, 0.3) is 5.91 Å². The number of rotatable bonds is 3. The molecule has 102 valence electrons. The normalized spacial score (nSPS) is 20.2. The molecule has 0 fully saturated rings. The summed E-state index contributed by atoms with van der Waals surface area (Å²) in [6, 6.07) is 7.48. The van der Waals surface area contributed by atoms with E-state index in [1.165, 1.54) is 17.0 Å². The summed E-state index contributed by atoms with van der Waals surface area (Å²) < 4.78 is 25.0. The van der Waals surface area contributed by atoms with Crippen molar-refractivity contribution in [2.24, 2.45) is 5.73 Å². The van der Waals surface area contributed by atoms with Gasteiger partial charge in [-0.2, -0.15) is 0 Å². The van der Waals surface area contributed by atoms with E-state index >= 15 is 0 Å². The van der Waals surface area contributed by atoms with Gasteiger partial charge in [0, 0.05) is 6.54 Å². The van der Waals surface area contributed by atoms with E-state index in [1.54, 1.807) is 32.0 Å². The second kappa shape index (κ2) is 4.70. The molecule has 0 aliphatic carbocycles. The molecular weight excluding hydrogens is 264 g/mol. The van der Waals surface area contributed by atoms with Crippen molar-refractivity contribution in [3.8, 4) is 0 Å². The Balaban J connectivity index is 2.56. The fraction of sp³-hybridized carbons (Fsp3) is 0.308. The van der Waals surface area contributed by atoms with Crippen molar-refractivity contribution in [1.29, 1.82) is 0 Å². The number of hydrogen-bond acceptors (Lipinski definition) is 4. The Kier molecular flexibility index (Phi) is 3.36. The molecule has 6 heteroatoms. The van der Waals surface area contributed by atoms with Crippen LogP contribution in [0, 0.1) is 0 Å². The third kappa shape index (κ3) is 2.02. The van der Waals surface area contributed by atoms with E-state index in [4.69, 9.17) is 5.73 Å². The van der Waals surface area contributed by atoms with Crippen molar-refractivity contribution in [3.63, 3.8) is 0 Å². The molecule has 2 rings (SSSR count). The van der Waals surface area contributed by atoms with Gasteiger partial charge >= 0.3 is 0 Å². The predicted octanol–water partition coefficient (Wildman–Crippen LogP) is 0.881. The molecule has 1 atom stereocenters. The van der Waals surface area contributed by atoms with Crippen molar-refractivity contribution in [3.05, 3.63) is 40.9 Å². The molecule has 5 nitrogen and oxygen atoms in total. The minimum atomic E-state index is -3.85. The molecule has 1 heterocycles. The number of benzene rings is 1. The maximum atomic E-state index is 12.5. The molecule has 0 radical (unpaired) electrons. The van der Waals surface area contributed by atoms with Crippen molar-refractivity contribution in [1.82, 2.24) is 4.90 Å². The first-order valence-corrected chi connectivity index (χ1v) is 7.50. The van der Waals surface area contributed by atoms with Gasteiger partial charge in [0.15, 0.2) is 4.91 Å². The summed E-state index contributed by atoms with van der Waals surface area (Å²) in [6.07, 6.45) is 0. The standard InChI is InChI=1S/C13H16N2O3S/c1-3-15-9(2)11(14)12(13(15)16)19(17,18)10-7-5-4-6-8-10/h4-9H,3,14H2,1-2H3. The highest BCUT2D eigenvalue weighted by molar-refractivity contribution is 7.96. The van der Waals surface area contributed by atoms with Crippen LogP contribution in [0.4, 0.5) is 0 Å². The second-order valence-corrected chi connectivity index (χ2v) is 6.25. The first kappa shape index (κ1) is 13.6. The van der Waals surface area contributed by atoms with Gasteiger partial charge < -0.3 is 10.6 Å². The SMILES string of the molecule is CCN1C(=O)C(S(=O)(=O)c2ccccc2)=C(N)C1C. The van der Waals surface area contributed by atoms with Crippen LogP contribution in [0.1, 0.15) is 13.8 Å². The zero-order valence-corrected chi connectivity index (χ0v) is 11.6. The van der Waals surface area contributed by atoms with Crippen LogP contribution in [-0.2, 0) is 14.6 Å². The van der Waals surface area contributed by atoms with Crippen molar-refractivity contribution in [2.45, 2.75) is 24.8 Å². The van der Waals surface area contributed by atoms with Gasteiger partial charge in [-0.1, -0.05) is 18.2 Å². The number of carbonyl (C=O) groups is 1. The minimum Gasteiger partial charge on any atom is -0.399 e. The number of likely N-dealkylation sites (N-methyl/N-ethyl adjacent to an activating group) is 1. The highest BCUT2D eigenvalue weighted by atomic mass is 32.2. The van der Waals surface area contributed by atoms with Gasteiger partial charge in [-0.3, -0.25) is 4.79 Å². The molecule has 0 saturated heterocycles. The van der Waals surface area contributed by atoms with Crippen molar-refractivity contribution >= 4 is 15.7 Å². The first-order chi connectivity index (χ1) is 8.91. The predicted molar refractivity (Wildman–Crippen MR) is 71.7 cm³/mol. The number of nitrogens with two attached hydrogens (primary N) is 1. The Hall–Kier alpha value is -1.82. The maximum Gasteiger partial charge on any atom is 0.268 e. The number of sulfone groups is 1. The van der Waals surface area contributed by atoms with Crippen LogP contribution >= 0.6 is 0 Å². The zero-order chi connectivity index (χ0) is 14.2. The molecule has 1 amide bonds. The molecule has 1 aliphatic rings. The van der Waals surface area contributed by atoms with Crippen molar-refractivity contribution < 1.29 is 13.2 Å². The molecule has 19 heavy (non-hydrogen) atoms. The van der Waals surface area contributed by atoms with E-state index in [0.717, 1.165) is 0 Å². The number of carbonyl (C=O) groups excluding carboxylic acids is 1. The summed E-state index contributed by atoms with van der Waals surface area (Å²) in [5.74, 6) is -0.517. The Labute approximate surface area is 112 Å². The van der Waals surface area contributed by atoms with Gasteiger partial charge in [0.05, 0.1) is 16.6 Å². The number of hydrogen-bond donors (Lipinski definition) is 1. The molecule has 0 spiro atoms. The quantitative estimate of drug-likeness (QED) is 0.891. The molecule has 1 aromatic rings. The highest BCUT2D eigenvalue weighted by Crippen LogP contribution is 2.30. The maximum absolute atomic E-state index is 12.5. The average Bonchev–Trinajstić information content (AvgIpc) is 2.61. The summed E-state index contributed by atoms with van der Waals surface area (Å²) in [6.45, 7) is 3.94. The molecule has 1 aliphatic heterocycles. The van der Waals surface area contributed by atoms with E-state index in [2.05, 4.69) is 0 Å². The fourth-order valence-electron chi connectivity index (χ4n) is 2.19. The lowest BCUT2D eigenvalue weighted by Gasteiger charge is -2.20. The molecule has 1 unspecified atom stereocenters. The van der Waals surface area contributed by atoms with Crippen LogP contribution in [0.5, 0.6) is 0 Å². The van der Waals surface area contributed by atoms with Gasteiger partial charge in [0.1, 0.15) is 0 Å². The first-order valence-electron chi connectivity index (χ1n) is 6.02. The van der Waals surface area contributed by atoms with E-state index in [-0.39, 0.29) is 21.5 Å². The van der Waals surface area contributed by atoms with Crippen molar-refractivity contribution in [2.75, 3.05) is 6.54 Å². The van der Waals surface area contributed by atoms with Crippen LogP contribution in [0.25, 0.3) is 0 Å². The lowest BCUT2D eigenvalue weighted by Crippen LogP contribution is -2.34. The largest absolute Gasteiger partial charge is 0.399 e. The summed E-state index contributed by atoms with van der Waals surface area (Å²) in [4.78, 5) is 13.4. The zero-order valence-electron chi connectivity index (χ0n) is 10.8. The molecule has 0 aromatic heterocycles. The molecule has 2 N–H and O–H groups in total. The second-order valence-electron chi connectivity index (χ2n) is 4.37. The summed E-state index contributed by atoms with van der Waals surface area (Å²) in [5, 5.41) is 0. The molecular formula is C13H16N2O3S. The van der Waals surface area contributed by atoms with E-state index < -0.39 is 15.7 Å². The Morgan fingerprint density at radius 3 is 2.32 bits per heavy atom. The third-order valence-corrected chi connectivity index (χ3v) is 5.14. The van der Waals surface area contributed by atoms with Crippen LogP contribution < -0.4 is 5.73 Å². The average molecular weight is 280 g/mol. The van der Waals surface area contributed by atoms with Gasteiger partial charge in [0.2, 0.25) is 9.84 Å². The van der Waals surface area contributed by atoms with Gasteiger partial charge in [-0.05, 0) is 26.0 Å². The van der Waals surface area contributed by atoms with Crippen LogP contribution in [-0.4, -0.2) is 31.8 Å². The third-order valence-electron chi connectivity index (χ3n) is 3.30. The summed E-state index contributed by atoms with van der Waals surface area (Å²) in [5.41, 5.74) is 5.96. The number of nitrogens with zero attached hydrogens (tertiary/aromatic N) is 1. The smallest absolute Gasteiger partial charge is 0.268 e. The molecule has 0 bridgehead atoms. The van der Waals surface area contributed by atoms with E-state index in [1.807, 2.05) is 0 Å². The summed E-state index contributed by atoms with van der Waals surface area (Å²) >= 11 is 0. The molecule has 0 saturated carbocycles. The monoisotopic (exact) mass is 280 g/mol. The lowest BCUT2D eigenvalue weighted by molar-refractivity contribution is -0.125. The Morgan fingerprint density at radius 1 is 1.26 bits per heavy atom. The minimum absolute atomic E-state index is 0.0893. The van der Waals surface area contributed by atoms with Crippen LogP contribution in [0.3, 0.4) is 0 Å². The Morgan fingerprint density at radius 2 is 1.84 bits per heavy atom. The number of amides is 1. The fourth-order valence-corrected chi connectivity index (χ4v) is 3.77. The van der Waals surface area contributed by atoms with Gasteiger partial charge in [-0.15, -0.1) is 0 Å². The van der Waals surface area contributed by atoms with E-state index in [9.17, 15) is 13.2 Å². The Bertz CT molecular complexity index is 635. The molecule has 1 aromatic carbocycles. The van der Waals surface area contributed by atoms with Crippen LogP contribution in [0.2, 0.25) is 0 Å². The van der Waals surface area contributed by atoms with Crippen LogP contribution in [0.15, 0.2) is 45.8 Å². The highest BCUT2D eigenvalue weighted by Gasteiger charge is 2.41.